The highest BCUT2D eigenvalue weighted by Gasteiger charge is 2.20. The predicted molar refractivity (Wildman–Crippen MR) is 60.5 cm³/mol. The van der Waals surface area contributed by atoms with Crippen molar-refractivity contribution < 1.29 is 4.39 Å². The second kappa shape index (κ2) is 4.31. The number of halogens is 1. The molecular formula is C13H18FN. The molecule has 1 saturated heterocycles. The zero-order valence-electron chi connectivity index (χ0n) is 9.44. The number of piperidine rings is 1. The summed E-state index contributed by atoms with van der Waals surface area (Å²) in [6, 6.07) is 3.92. The van der Waals surface area contributed by atoms with E-state index in [0.29, 0.717) is 0 Å². The number of aryl methyl sites for hydroxylation is 2. The van der Waals surface area contributed by atoms with Crippen LogP contribution in [0.1, 0.15) is 42.0 Å². The van der Waals surface area contributed by atoms with Crippen molar-refractivity contribution in [3.8, 4) is 0 Å². The Hall–Kier alpha value is -0.890. The average Bonchev–Trinajstić information content (AvgIpc) is 2.17. The number of benzene rings is 1. The SMILES string of the molecule is Cc1cc(C)c(C2CCCCN2)c(F)c1. The average molecular weight is 207 g/mol. The lowest BCUT2D eigenvalue weighted by atomic mass is 9.92. The van der Waals surface area contributed by atoms with Gasteiger partial charge in [0.25, 0.3) is 0 Å². The number of hydrogen-bond acceptors (Lipinski definition) is 1. The van der Waals surface area contributed by atoms with Crippen LogP contribution < -0.4 is 5.32 Å². The molecule has 2 rings (SSSR count). The van der Waals surface area contributed by atoms with Crippen LogP contribution in [0.3, 0.4) is 0 Å². The molecule has 1 aromatic rings. The molecule has 1 nitrogen and oxygen atoms in total. The zero-order valence-corrected chi connectivity index (χ0v) is 9.44. The van der Waals surface area contributed by atoms with Crippen molar-refractivity contribution in [1.29, 1.82) is 0 Å². The van der Waals surface area contributed by atoms with Crippen LogP contribution in [0.4, 0.5) is 4.39 Å². The summed E-state index contributed by atoms with van der Waals surface area (Å²) in [5, 5.41) is 3.40. The summed E-state index contributed by atoms with van der Waals surface area (Å²) < 4.78 is 13.9. The summed E-state index contributed by atoms with van der Waals surface area (Å²) >= 11 is 0. The van der Waals surface area contributed by atoms with Gasteiger partial charge < -0.3 is 5.32 Å². The Morgan fingerprint density at radius 1 is 1.27 bits per heavy atom. The maximum atomic E-state index is 13.9. The highest BCUT2D eigenvalue weighted by molar-refractivity contribution is 5.34. The topological polar surface area (TPSA) is 12.0 Å². The van der Waals surface area contributed by atoms with Crippen molar-refractivity contribution in [2.75, 3.05) is 6.54 Å². The standard InChI is InChI=1S/C13H18FN/c1-9-7-10(2)13(11(14)8-9)12-5-3-4-6-15-12/h7-8,12,15H,3-6H2,1-2H3. The molecule has 1 aliphatic rings. The highest BCUT2D eigenvalue weighted by Crippen LogP contribution is 2.28. The first-order valence-corrected chi connectivity index (χ1v) is 5.68. The molecule has 1 atom stereocenters. The van der Waals surface area contributed by atoms with Gasteiger partial charge in [0.05, 0.1) is 0 Å². The van der Waals surface area contributed by atoms with Gasteiger partial charge in [-0.25, -0.2) is 4.39 Å². The van der Waals surface area contributed by atoms with Gasteiger partial charge in [0.2, 0.25) is 0 Å². The van der Waals surface area contributed by atoms with E-state index in [4.69, 9.17) is 0 Å². The summed E-state index contributed by atoms with van der Waals surface area (Å²) in [5.74, 6) is -0.0492. The Balaban J connectivity index is 2.33. The highest BCUT2D eigenvalue weighted by atomic mass is 19.1. The van der Waals surface area contributed by atoms with Crippen LogP contribution in [-0.4, -0.2) is 6.54 Å². The minimum atomic E-state index is -0.0492. The molecule has 2 heteroatoms. The summed E-state index contributed by atoms with van der Waals surface area (Å²) in [6.45, 7) is 4.95. The number of nitrogens with one attached hydrogen (secondary N) is 1. The van der Waals surface area contributed by atoms with Gasteiger partial charge in [-0.3, -0.25) is 0 Å². The molecule has 1 aromatic carbocycles. The Labute approximate surface area is 90.7 Å². The molecule has 1 unspecified atom stereocenters. The molecule has 0 aliphatic carbocycles. The van der Waals surface area contributed by atoms with Crippen molar-refractivity contribution >= 4 is 0 Å². The maximum Gasteiger partial charge on any atom is 0.128 e. The quantitative estimate of drug-likeness (QED) is 0.745. The van der Waals surface area contributed by atoms with Crippen LogP contribution >= 0.6 is 0 Å². The van der Waals surface area contributed by atoms with Gasteiger partial charge in [-0.1, -0.05) is 12.5 Å². The normalized spacial score (nSPS) is 21.7. The fraction of sp³-hybridized carbons (Fsp3) is 0.538. The number of rotatable bonds is 1. The molecule has 0 saturated carbocycles. The fourth-order valence-electron chi connectivity index (χ4n) is 2.47. The molecule has 1 aliphatic heterocycles. The largest absolute Gasteiger partial charge is 0.310 e. The second-order valence-electron chi connectivity index (χ2n) is 4.48. The lowest BCUT2D eigenvalue weighted by Crippen LogP contribution is -2.28. The van der Waals surface area contributed by atoms with Gasteiger partial charge in [-0.05, 0) is 50.4 Å². The van der Waals surface area contributed by atoms with E-state index in [0.717, 1.165) is 29.7 Å². The van der Waals surface area contributed by atoms with E-state index in [2.05, 4.69) is 11.4 Å². The molecular weight excluding hydrogens is 189 g/mol. The van der Waals surface area contributed by atoms with E-state index >= 15 is 0 Å². The Morgan fingerprint density at radius 3 is 2.67 bits per heavy atom. The lowest BCUT2D eigenvalue weighted by Gasteiger charge is -2.25. The summed E-state index contributed by atoms with van der Waals surface area (Å²) in [4.78, 5) is 0. The smallest absolute Gasteiger partial charge is 0.128 e. The molecule has 15 heavy (non-hydrogen) atoms. The van der Waals surface area contributed by atoms with E-state index in [1.807, 2.05) is 13.8 Å². The predicted octanol–water partition coefficient (Wildman–Crippen LogP) is 3.26. The van der Waals surface area contributed by atoms with Crippen LogP contribution in [0, 0.1) is 19.7 Å². The molecule has 1 N–H and O–H groups in total. The molecule has 0 amide bonds. The van der Waals surface area contributed by atoms with Crippen molar-refractivity contribution in [3.63, 3.8) is 0 Å². The molecule has 0 bridgehead atoms. The molecule has 1 heterocycles. The number of hydrogen-bond donors (Lipinski definition) is 1. The molecule has 0 spiro atoms. The van der Waals surface area contributed by atoms with Gasteiger partial charge in [-0.15, -0.1) is 0 Å². The molecule has 0 aromatic heterocycles. The van der Waals surface area contributed by atoms with Gasteiger partial charge in [0, 0.05) is 11.6 Å². The van der Waals surface area contributed by atoms with Crippen molar-refractivity contribution in [1.82, 2.24) is 5.32 Å². The van der Waals surface area contributed by atoms with E-state index < -0.39 is 0 Å². The molecule has 82 valence electrons. The third-order valence-corrected chi connectivity index (χ3v) is 3.14. The lowest BCUT2D eigenvalue weighted by molar-refractivity contribution is 0.398. The van der Waals surface area contributed by atoms with Crippen LogP contribution in [0.5, 0.6) is 0 Å². The second-order valence-corrected chi connectivity index (χ2v) is 4.48. The van der Waals surface area contributed by atoms with Crippen molar-refractivity contribution in [2.45, 2.75) is 39.2 Å². The first-order chi connectivity index (χ1) is 7.18. The fourth-order valence-corrected chi connectivity index (χ4v) is 2.47. The minimum Gasteiger partial charge on any atom is -0.310 e. The van der Waals surface area contributed by atoms with Crippen LogP contribution in [-0.2, 0) is 0 Å². The van der Waals surface area contributed by atoms with E-state index in [1.165, 1.54) is 12.8 Å². The van der Waals surface area contributed by atoms with Crippen LogP contribution in [0.2, 0.25) is 0 Å². The Kier molecular flexibility index (Phi) is 3.06. The van der Waals surface area contributed by atoms with E-state index in [1.54, 1.807) is 6.07 Å². The summed E-state index contributed by atoms with van der Waals surface area (Å²) in [6.07, 6.45) is 3.47. The summed E-state index contributed by atoms with van der Waals surface area (Å²) in [7, 11) is 0. The van der Waals surface area contributed by atoms with Gasteiger partial charge >= 0.3 is 0 Å². The van der Waals surface area contributed by atoms with E-state index in [-0.39, 0.29) is 11.9 Å². The first-order valence-electron chi connectivity index (χ1n) is 5.68. The van der Waals surface area contributed by atoms with Gasteiger partial charge in [0.1, 0.15) is 5.82 Å². The minimum absolute atomic E-state index is 0.0492. The Bertz CT molecular complexity index is 331. The Morgan fingerprint density at radius 2 is 2.07 bits per heavy atom. The molecule has 1 fully saturated rings. The first kappa shape index (κ1) is 10.6. The maximum absolute atomic E-state index is 13.9. The van der Waals surface area contributed by atoms with E-state index in [9.17, 15) is 4.39 Å². The third kappa shape index (κ3) is 2.20. The van der Waals surface area contributed by atoms with Crippen molar-refractivity contribution in [2.24, 2.45) is 0 Å². The zero-order chi connectivity index (χ0) is 10.8. The summed E-state index contributed by atoms with van der Waals surface area (Å²) in [5.41, 5.74) is 2.96. The van der Waals surface area contributed by atoms with Gasteiger partial charge in [-0.2, -0.15) is 0 Å². The van der Waals surface area contributed by atoms with Crippen molar-refractivity contribution in [3.05, 3.63) is 34.6 Å². The monoisotopic (exact) mass is 207 g/mol. The third-order valence-electron chi connectivity index (χ3n) is 3.14. The molecule has 0 radical (unpaired) electrons. The van der Waals surface area contributed by atoms with Crippen LogP contribution in [0.15, 0.2) is 12.1 Å². The van der Waals surface area contributed by atoms with Gasteiger partial charge in [0.15, 0.2) is 0 Å². The van der Waals surface area contributed by atoms with Crippen LogP contribution in [0.25, 0.3) is 0 Å².